The summed E-state index contributed by atoms with van der Waals surface area (Å²) in [6.45, 7) is 2.54. The third-order valence-electron chi connectivity index (χ3n) is 3.31. The molecule has 0 spiro atoms. The molecule has 106 valence electrons. The molecule has 0 saturated heterocycles. The molecule has 5 nitrogen and oxygen atoms in total. The van der Waals surface area contributed by atoms with E-state index in [9.17, 15) is 4.79 Å². The normalized spacial score (nSPS) is 10.7. The topological polar surface area (TPSA) is 70.7 Å². The first kappa shape index (κ1) is 13.3. The second-order valence-corrected chi connectivity index (χ2v) is 4.92. The number of nitrogens with zero attached hydrogens (tertiary/aromatic N) is 2. The van der Waals surface area contributed by atoms with Gasteiger partial charge in [0.15, 0.2) is 0 Å². The van der Waals surface area contributed by atoms with Crippen molar-refractivity contribution in [1.29, 1.82) is 0 Å². The first-order valence-corrected chi connectivity index (χ1v) is 6.86. The van der Waals surface area contributed by atoms with Gasteiger partial charge >= 0.3 is 0 Å². The highest BCUT2D eigenvalue weighted by atomic mass is 16.1. The van der Waals surface area contributed by atoms with Gasteiger partial charge < -0.3 is 10.3 Å². The lowest BCUT2D eigenvalue weighted by Crippen LogP contribution is -2.25. The number of fused-ring (bicyclic) bond motifs is 1. The maximum Gasteiger partial charge on any atom is 0.251 e. The van der Waals surface area contributed by atoms with Crippen LogP contribution in [-0.4, -0.2) is 27.4 Å². The van der Waals surface area contributed by atoms with Crippen LogP contribution in [0.3, 0.4) is 0 Å². The number of aryl methyl sites for hydroxylation is 1. The van der Waals surface area contributed by atoms with Crippen LogP contribution in [-0.2, 0) is 6.42 Å². The minimum Gasteiger partial charge on any atom is -0.352 e. The molecule has 0 aliphatic carbocycles. The largest absolute Gasteiger partial charge is 0.352 e. The average molecular weight is 280 g/mol. The number of hydrogen-bond donors (Lipinski definition) is 2. The number of hydrogen-bond acceptors (Lipinski definition) is 3. The molecular formula is C16H16N4O. The third-order valence-corrected chi connectivity index (χ3v) is 3.31. The van der Waals surface area contributed by atoms with Gasteiger partial charge in [0.1, 0.15) is 5.82 Å². The molecule has 21 heavy (non-hydrogen) atoms. The molecule has 1 aromatic carbocycles. The summed E-state index contributed by atoms with van der Waals surface area (Å²) in [6, 6.07) is 9.53. The van der Waals surface area contributed by atoms with Gasteiger partial charge in [0.05, 0.1) is 11.0 Å². The predicted octanol–water partition coefficient (Wildman–Crippen LogP) is 2.24. The van der Waals surface area contributed by atoms with E-state index in [-0.39, 0.29) is 5.91 Å². The Balaban J connectivity index is 1.60. The molecule has 0 bridgehead atoms. The minimum absolute atomic E-state index is 0.0733. The third kappa shape index (κ3) is 3.08. The van der Waals surface area contributed by atoms with Crippen molar-refractivity contribution in [3.63, 3.8) is 0 Å². The summed E-state index contributed by atoms with van der Waals surface area (Å²) in [5, 5.41) is 2.91. The van der Waals surface area contributed by atoms with Gasteiger partial charge in [-0.25, -0.2) is 4.98 Å². The van der Waals surface area contributed by atoms with Crippen LogP contribution in [0.4, 0.5) is 0 Å². The molecule has 2 aromatic heterocycles. The molecule has 2 N–H and O–H groups in total. The summed E-state index contributed by atoms with van der Waals surface area (Å²) < 4.78 is 0. The summed E-state index contributed by atoms with van der Waals surface area (Å²) >= 11 is 0. The Morgan fingerprint density at radius 2 is 2.05 bits per heavy atom. The van der Waals surface area contributed by atoms with E-state index in [0.29, 0.717) is 12.1 Å². The Bertz CT molecular complexity index is 764. The summed E-state index contributed by atoms with van der Waals surface area (Å²) in [7, 11) is 0. The van der Waals surface area contributed by atoms with Crippen molar-refractivity contribution in [3.05, 3.63) is 59.7 Å². The molecule has 0 aliphatic heterocycles. The summed E-state index contributed by atoms with van der Waals surface area (Å²) in [5.74, 6) is 0.837. The fraction of sp³-hybridized carbons (Fsp3) is 0.188. The van der Waals surface area contributed by atoms with Gasteiger partial charge in [-0.1, -0.05) is 6.07 Å². The van der Waals surface area contributed by atoms with Gasteiger partial charge in [-0.05, 0) is 43.2 Å². The van der Waals surface area contributed by atoms with E-state index in [4.69, 9.17) is 0 Å². The Labute approximate surface area is 122 Å². The Morgan fingerprint density at radius 3 is 2.86 bits per heavy atom. The van der Waals surface area contributed by atoms with Gasteiger partial charge in [0.2, 0.25) is 0 Å². The summed E-state index contributed by atoms with van der Waals surface area (Å²) in [5.41, 5.74) is 3.80. The van der Waals surface area contributed by atoms with E-state index in [1.807, 2.05) is 19.1 Å². The van der Waals surface area contributed by atoms with Gasteiger partial charge in [0, 0.05) is 24.5 Å². The summed E-state index contributed by atoms with van der Waals surface area (Å²) in [6.07, 6.45) is 4.01. The second kappa shape index (κ2) is 5.75. The van der Waals surface area contributed by atoms with Crippen molar-refractivity contribution < 1.29 is 4.79 Å². The minimum atomic E-state index is -0.0733. The van der Waals surface area contributed by atoms with E-state index in [2.05, 4.69) is 26.3 Å². The SMILES string of the molecule is Cc1nc2ccc(CCNC(=O)c3ccncc3)cc2[nH]1. The molecule has 3 aromatic rings. The number of amides is 1. The number of benzene rings is 1. The zero-order valence-corrected chi connectivity index (χ0v) is 11.8. The Morgan fingerprint density at radius 1 is 1.24 bits per heavy atom. The molecule has 2 heterocycles. The number of rotatable bonds is 4. The average Bonchev–Trinajstić information content (AvgIpc) is 2.87. The van der Waals surface area contributed by atoms with Gasteiger partial charge in [-0.15, -0.1) is 0 Å². The maximum atomic E-state index is 11.9. The lowest BCUT2D eigenvalue weighted by Gasteiger charge is -2.05. The van der Waals surface area contributed by atoms with E-state index < -0.39 is 0 Å². The monoisotopic (exact) mass is 280 g/mol. The molecule has 0 saturated carbocycles. The molecule has 0 fully saturated rings. The molecular weight excluding hydrogens is 264 g/mol. The molecule has 5 heteroatoms. The lowest BCUT2D eigenvalue weighted by atomic mass is 10.1. The number of carbonyl (C=O) groups excluding carboxylic acids is 1. The Hall–Kier alpha value is -2.69. The van der Waals surface area contributed by atoms with E-state index in [0.717, 1.165) is 23.3 Å². The van der Waals surface area contributed by atoms with Crippen LogP contribution in [0.15, 0.2) is 42.7 Å². The fourth-order valence-corrected chi connectivity index (χ4v) is 2.27. The maximum absolute atomic E-state index is 11.9. The van der Waals surface area contributed by atoms with Crippen LogP contribution in [0.2, 0.25) is 0 Å². The van der Waals surface area contributed by atoms with Crippen LogP contribution in [0.25, 0.3) is 11.0 Å². The van der Waals surface area contributed by atoms with Crippen LogP contribution >= 0.6 is 0 Å². The predicted molar refractivity (Wildman–Crippen MR) is 81.1 cm³/mol. The first-order chi connectivity index (χ1) is 10.2. The van der Waals surface area contributed by atoms with Gasteiger partial charge in [-0.2, -0.15) is 0 Å². The summed E-state index contributed by atoms with van der Waals surface area (Å²) in [4.78, 5) is 23.4. The molecule has 0 aliphatic rings. The van der Waals surface area contributed by atoms with Crippen molar-refractivity contribution in [1.82, 2.24) is 20.3 Å². The first-order valence-electron chi connectivity index (χ1n) is 6.86. The van der Waals surface area contributed by atoms with Crippen LogP contribution in [0.1, 0.15) is 21.7 Å². The van der Waals surface area contributed by atoms with E-state index in [1.165, 1.54) is 5.56 Å². The highest BCUT2D eigenvalue weighted by Crippen LogP contribution is 2.13. The zero-order chi connectivity index (χ0) is 14.7. The number of carbonyl (C=O) groups is 1. The molecule has 3 rings (SSSR count). The van der Waals surface area contributed by atoms with Crippen molar-refractivity contribution >= 4 is 16.9 Å². The zero-order valence-electron chi connectivity index (χ0n) is 11.8. The van der Waals surface area contributed by atoms with Gasteiger partial charge in [0.25, 0.3) is 5.91 Å². The molecule has 1 amide bonds. The number of aromatic amines is 1. The number of nitrogens with one attached hydrogen (secondary N) is 2. The van der Waals surface area contributed by atoms with Crippen molar-refractivity contribution in [2.75, 3.05) is 6.54 Å². The number of imidazole rings is 1. The number of pyridine rings is 1. The van der Waals surface area contributed by atoms with E-state index in [1.54, 1.807) is 24.5 Å². The Kier molecular flexibility index (Phi) is 3.64. The van der Waals surface area contributed by atoms with Crippen molar-refractivity contribution in [3.8, 4) is 0 Å². The standard InChI is InChI=1S/C16H16N4O/c1-11-19-14-3-2-12(10-15(14)20-11)4-9-18-16(21)13-5-7-17-8-6-13/h2-3,5-8,10H,4,9H2,1H3,(H,18,21)(H,19,20). The quantitative estimate of drug-likeness (QED) is 0.770. The smallest absolute Gasteiger partial charge is 0.251 e. The van der Waals surface area contributed by atoms with E-state index >= 15 is 0 Å². The second-order valence-electron chi connectivity index (χ2n) is 4.92. The van der Waals surface area contributed by atoms with Crippen LogP contribution in [0, 0.1) is 6.92 Å². The molecule has 0 radical (unpaired) electrons. The van der Waals surface area contributed by atoms with Crippen LogP contribution < -0.4 is 5.32 Å². The highest BCUT2D eigenvalue weighted by Gasteiger charge is 2.05. The van der Waals surface area contributed by atoms with Crippen molar-refractivity contribution in [2.45, 2.75) is 13.3 Å². The highest BCUT2D eigenvalue weighted by molar-refractivity contribution is 5.93. The fourth-order valence-electron chi connectivity index (χ4n) is 2.27. The number of H-pyrrole nitrogens is 1. The van der Waals surface area contributed by atoms with Crippen LogP contribution in [0.5, 0.6) is 0 Å². The number of aromatic nitrogens is 3. The molecule has 0 unspecified atom stereocenters. The lowest BCUT2D eigenvalue weighted by molar-refractivity contribution is 0.0954. The molecule has 0 atom stereocenters. The van der Waals surface area contributed by atoms with Crippen molar-refractivity contribution in [2.24, 2.45) is 0 Å². The van der Waals surface area contributed by atoms with Gasteiger partial charge in [-0.3, -0.25) is 9.78 Å².